The summed E-state index contributed by atoms with van der Waals surface area (Å²) in [7, 11) is 0. The highest BCUT2D eigenvalue weighted by Gasteiger charge is 2.06. The molecule has 0 heterocycles. The van der Waals surface area contributed by atoms with Crippen LogP contribution in [0, 0.1) is 11.6 Å². The third kappa shape index (κ3) is 3.61. The van der Waals surface area contributed by atoms with Crippen LogP contribution in [0.2, 0.25) is 0 Å². The Morgan fingerprint density at radius 1 is 0.947 bits per heavy atom. The molecule has 0 bridgehead atoms. The summed E-state index contributed by atoms with van der Waals surface area (Å²) < 4.78 is 26.8. The zero-order chi connectivity index (χ0) is 13.8. The van der Waals surface area contributed by atoms with Gasteiger partial charge >= 0.3 is 0 Å². The molecule has 19 heavy (non-hydrogen) atoms. The van der Waals surface area contributed by atoms with Crippen LogP contribution in [0.5, 0.6) is 0 Å². The molecular weight excluding hydrogens is 244 g/mol. The first-order valence-corrected chi connectivity index (χ1v) is 6.34. The van der Waals surface area contributed by atoms with Gasteiger partial charge in [0.1, 0.15) is 11.6 Å². The number of hydrogen-bond acceptors (Lipinski definition) is 1. The van der Waals surface area contributed by atoms with Crippen molar-refractivity contribution < 1.29 is 8.78 Å². The molecule has 0 radical (unpaired) electrons. The quantitative estimate of drug-likeness (QED) is 0.872. The van der Waals surface area contributed by atoms with Crippen molar-refractivity contribution >= 4 is 0 Å². The minimum Gasteiger partial charge on any atom is -0.310 e. The van der Waals surface area contributed by atoms with Crippen molar-refractivity contribution in [2.75, 3.05) is 0 Å². The fraction of sp³-hybridized carbons (Fsp3) is 0.250. The fourth-order valence-corrected chi connectivity index (χ4v) is 1.83. The Balaban J connectivity index is 2.21. The summed E-state index contributed by atoms with van der Waals surface area (Å²) in [5.74, 6) is -0.531. The van der Waals surface area contributed by atoms with Crippen LogP contribution in [0.25, 0.3) is 11.1 Å². The number of hydrogen-bond donors (Lipinski definition) is 1. The highest BCUT2D eigenvalue weighted by atomic mass is 19.1. The monoisotopic (exact) mass is 261 g/mol. The molecule has 0 spiro atoms. The smallest absolute Gasteiger partial charge is 0.128 e. The molecular formula is C16H17F2N. The second-order valence-corrected chi connectivity index (χ2v) is 4.85. The topological polar surface area (TPSA) is 12.0 Å². The zero-order valence-electron chi connectivity index (χ0n) is 11.1. The molecule has 0 aliphatic carbocycles. The van der Waals surface area contributed by atoms with Crippen LogP contribution in [0.1, 0.15) is 19.4 Å². The van der Waals surface area contributed by atoms with E-state index in [9.17, 15) is 8.78 Å². The van der Waals surface area contributed by atoms with Crippen molar-refractivity contribution in [2.24, 2.45) is 0 Å². The first kappa shape index (κ1) is 13.7. The maximum absolute atomic E-state index is 14.0. The van der Waals surface area contributed by atoms with Gasteiger partial charge < -0.3 is 5.32 Å². The van der Waals surface area contributed by atoms with Gasteiger partial charge in [-0.15, -0.1) is 0 Å². The van der Waals surface area contributed by atoms with E-state index in [2.05, 4.69) is 5.32 Å². The fourth-order valence-electron chi connectivity index (χ4n) is 1.83. The van der Waals surface area contributed by atoms with Crippen LogP contribution in [0.4, 0.5) is 8.78 Å². The van der Waals surface area contributed by atoms with Gasteiger partial charge in [0.2, 0.25) is 0 Å². The summed E-state index contributed by atoms with van der Waals surface area (Å²) in [5, 5.41) is 3.18. The Bertz CT molecular complexity index is 547. The largest absolute Gasteiger partial charge is 0.310 e. The van der Waals surface area contributed by atoms with E-state index in [1.165, 1.54) is 18.2 Å². The summed E-state index contributed by atoms with van der Waals surface area (Å²) in [4.78, 5) is 0. The van der Waals surface area contributed by atoms with E-state index in [-0.39, 0.29) is 11.6 Å². The van der Waals surface area contributed by atoms with Crippen molar-refractivity contribution in [1.82, 2.24) is 5.32 Å². The van der Waals surface area contributed by atoms with Crippen LogP contribution in [0.3, 0.4) is 0 Å². The molecule has 100 valence electrons. The molecule has 3 heteroatoms. The lowest BCUT2D eigenvalue weighted by atomic mass is 10.0. The Hall–Kier alpha value is -1.74. The molecule has 0 fully saturated rings. The van der Waals surface area contributed by atoms with E-state index in [1.54, 1.807) is 18.2 Å². The van der Waals surface area contributed by atoms with Gasteiger partial charge in [0.15, 0.2) is 0 Å². The van der Waals surface area contributed by atoms with Crippen molar-refractivity contribution in [3.63, 3.8) is 0 Å². The Morgan fingerprint density at radius 2 is 1.58 bits per heavy atom. The molecule has 0 aliphatic rings. The van der Waals surface area contributed by atoms with Crippen molar-refractivity contribution in [3.8, 4) is 11.1 Å². The molecule has 0 amide bonds. The summed E-state index contributed by atoms with van der Waals surface area (Å²) in [6.07, 6.45) is 0. The maximum atomic E-state index is 14.0. The average molecular weight is 261 g/mol. The average Bonchev–Trinajstić information content (AvgIpc) is 2.38. The molecule has 1 nitrogen and oxygen atoms in total. The Morgan fingerprint density at radius 3 is 2.16 bits per heavy atom. The Kier molecular flexibility index (Phi) is 4.27. The molecule has 0 saturated carbocycles. The normalized spacial score (nSPS) is 11.0. The van der Waals surface area contributed by atoms with Crippen LogP contribution in [-0.2, 0) is 6.54 Å². The van der Waals surface area contributed by atoms with E-state index in [0.29, 0.717) is 18.2 Å². The number of rotatable bonds is 4. The van der Waals surface area contributed by atoms with Gasteiger partial charge in [-0.25, -0.2) is 8.78 Å². The standard InChI is InChI=1S/C16H17F2N/c1-11(2)19-10-14-4-3-13(9-16(14)18)12-5-7-15(17)8-6-12/h3-9,11,19H,10H2,1-2H3. The van der Waals surface area contributed by atoms with Crippen LogP contribution in [-0.4, -0.2) is 6.04 Å². The molecule has 0 atom stereocenters. The molecule has 0 aliphatic heterocycles. The van der Waals surface area contributed by atoms with Gasteiger partial charge in [-0.05, 0) is 29.3 Å². The highest BCUT2D eigenvalue weighted by Crippen LogP contribution is 2.22. The third-order valence-electron chi connectivity index (χ3n) is 2.93. The van der Waals surface area contributed by atoms with E-state index in [1.807, 2.05) is 19.9 Å². The number of benzene rings is 2. The van der Waals surface area contributed by atoms with Gasteiger partial charge in [-0.3, -0.25) is 0 Å². The highest BCUT2D eigenvalue weighted by molar-refractivity contribution is 5.63. The second kappa shape index (κ2) is 5.93. The van der Waals surface area contributed by atoms with Gasteiger partial charge in [0, 0.05) is 18.2 Å². The molecule has 1 N–H and O–H groups in total. The van der Waals surface area contributed by atoms with Gasteiger partial charge in [-0.2, -0.15) is 0 Å². The summed E-state index contributed by atoms with van der Waals surface area (Å²) in [6.45, 7) is 4.54. The van der Waals surface area contributed by atoms with E-state index in [0.717, 1.165) is 11.1 Å². The van der Waals surface area contributed by atoms with Crippen LogP contribution < -0.4 is 5.32 Å². The number of nitrogens with one attached hydrogen (secondary N) is 1. The summed E-state index contributed by atoms with van der Waals surface area (Å²) in [5.41, 5.74) is 2.20. The van der Waals surface area contributed by atoms with Crippen molar-refractivity contribution in [1.29, 1.82) is 0 Å². The van der Waals surface area contributed by atoms with Gasteiger partial charge in [0.05, 0.1) is 0 Å². The molecule has 0 unspecified atom stereocenters. The van der Waals surface area contributed by atoms with E-state index >= 15 is 0 Å². The Labute approximate surface area is 112 Å². The predicted octanol–water partition coefficient (Wildman–Crippen LogP) is 4.13. The number of halogens is 2. The van der Waals surface area contributed by atoms with E-state index < -0.39 is 0 Å². The van der Waals surface area contributed by atoms with Crippen LogP contribution >= 0.6 is 0 Å². The minimum atomic E-state index is -0.290. The first-order valence-electron chi connectivity index (χ1n) is 6.34. The predicted molar refractivity (Wildman–Crippen MR) is 73.8 cm³/mol. The summed E-state index contributed by atoms with van der Waals surface area (Å²) >= 11 is 0. The lowest BCUT2D eigenvalue weighted by Crippen LogP contribution is -2.22. The molecule has 2 rings (SSSR count). The van der Waals surface area contributed by atoms with Crippen molar-refractivity contribution in [3.05, 3.63) is 59.7 Å². The second-order valence-electron chi connectivity index (χ2n) is 4.85. The van der Waals surface area contributed by atoms with Crippen molar-refractivity contribution in [2.45, 2.75) is 26.4 Å². The molecule has 0 saturated heterocycles. The zero-order valence-corrected chi connectivity index (χ0v) is 11.1. The van der Waals surface area contributed by atoms with Gasteiger partial charge in [0.25, 0.3) is 0 Å². The van der Waals surface area contributed by atoms with E-state index in [4.69, 9.17) is 0 Å². The van der Waals surface area contributed by atoms with Gasteiger partial charge in [-0.1, -0.05) is 38.1 Å². The molecule has 0 aromatic heterocycles. The maximum Gasteiger partial charge on any atom is 0.128 e. The minimum absolute atomic E-state index is 0.241. The van der Waals surface area contributed by atoms with Crippen LogP contribution in [0.15, 0.2) is 42.5 Å². The third-order valence-corrected chi connectivity index (χ3v) is 2.93. The molecule has 2 aromatic rings. The summed E-state index contributed by atoms with van der Waals surface area (Å²) in [6, 6.07) is 11.5. The first-order chi connectivity index (χ1) is 9.06. The lowest BCUT2D eigenvalue weighted by molar-refractivity contribution is 0.553. The SMILES string of the molecule is CC(C)NCc1ccc(-c2ccc(F)cc2)cc1F. The lowest BCUT2D eigenvalue weighted by Gasteiger charge is -2.10. The molecule has 2 aromatic carbocycles.